The van der Waals surface area contributed by atoms with Gasteiger partial charge in [-0.25, -0.2) is 13.8 Å². The predicted molar refractivity (Wildman–Crippen MR) is 80.7 cm³/mol. The summed E-state index contributed by atoms with van der Waals surface area (Å²) in [5.74, 6) is -0.441. The minimum atomic E-state index is -0.354. The number of nitrogens with zero attached hydrogens (tertiary/aromatic N) is 2. The Hall–Kier alpha value is -2.01. The molecule has 0 aliphatic carbocycles. The highest BCUT2D eigenvalue weighted by Gasteiger charge is 2.14. The molecule has 0 aliphatic rings. The maximum absolute atomic E-state index is 14.5. The van der Waals surface area contributed by atoms with Gasteiger partial charge in [-0.15, -0.1) is 0 Å². The highest BCUT2D eigenvalue weighted by Crippen LogP contribution is 2.25. The molecule has 1 aromatic heterocycles. The van der Waals surface area contributed by atoms with Crippen molar-refractivity contribution in [3.63, 3.8) is 0 Å². The van der Waals surface area contributed by atoms with E-state index in [1.165, 1.54) is 12.1 Å². The van der Waals surface area contributed by atoms with Crippen molar-refractivity contribution in [1.82, 2.24) is 10.3 Å². The van der Waals surface area contributed by atoms with Gasteiger partial charge >= 0.3 is 0 Å². The molecule has 0 saturated heterocycles. The van der Waals surface area contributed by atoms with Crippen LogP contribution in [0.15, 0.2) is 36.5 Å². The number of aromatic nitrogens is 1. The van der Waals surface area contributed by atoms with Crippen LogP contribution >= 0.6 is 0 Å². The van der Waals surface area contributed by atoms with Gasteiger partial charge in [-0.2, -0.15) is 0 Å². The lowest BCUT2D eigenvalue weighted by Crippen LogP contribution is -2.18. The third-order valence-corrected chi connectivity index (χ3v) is 3.22. The van der Waals surface area contributed by atoms with Crippen LogP contribution in [-0.2, 0) is 6.54 Å². The van der Waals surface area contributed by atoms with E-state index in [0.29, 0.717) is 17.8 Å². The number of rotatable bonds is 6. The molecule has 1 heterocycles. The molecule has 1 N–H and O–H groups in total. The zero-order valence-electron chi connectivity index (χ0n) is 12.2. The van der Waals surface area contributed by atoms with Crippen LogP contribution in [0.25, 0.3) is 0 Å². The molecule has 0 spiro atoms. The van der Waals surface area contributed by atoms with Gasteiger partial charge in [0, 0.05) is 31.0 Å². The Morgan fingerprint density at radius 2 is 1.86 bits per heavy atom. The van der Waals surface area contributed by atoms with E-state index in [1.807, 2.05) is 0 Å². The topological polar surface area (TPSA) is 28.2 Å². The number of halogens is 2. The maximum atomic E-state index is 14.5. The second-order valence-electron chi connectivity index (χ2n) is 4.82. The van der Waals surface area contributed by atoms with E-state index < -0.39 is 0 Å². The summed E-state index contributed by atoms with van der Waals surface area (Å²) in [6.07, 6.45) is 2.58. The molecule has 0 fully saturated rings. The molecule has 0 aliphatic heterocycles. The standard InChI is InChI=1S/C16H19F2N3/c1-3-9-19-11-12-8-10-20-16(15(12)18)21(2)14-6-4-13(17)5-7-14/h4-8,10,19H,3,9,11H2,1-2H3. The molecule has 112 valence electrons. The van der Waals surface area contributed by atoms with E-state index in [1.54, 1.807) is 36.3 Å². The first-order valence-corrected chi connectivity index (χ1v) is 6.97. The quantitative estimate of drug-likeness (QED) is 0.824. The SMILES string of the molecule is CCCNCc1ccnc(N(C)c2ccc(F)cc2)c1F. The number of pyridine rings is 1. The van der Waals surface area contributed by atoms with Crippen molar-refractivity contribution in [2.75, 3.05) is 18.5 Å². The monoisotopic (exact) mass is 291 g/mol. The lowest BCUT2D eigenvalue weighted by molar-refractivity contribution is 0.581. The van der Waals surface area contributed by atoms with Gasteiger partial charge in [0.05, 0.1) is 0 Å². The summed E-state index contributed by atoms with van der Waals surface area (Å²) < 4.78 is 27.4. The Labute approximate surface area is 123 Å². The lowest BCUT2D eigenvalue weighted by atomic mass is 10.2. The zero-order chi connectivity index (χ0) is 15.2. The summed E-state index contributed by atoms with van der Waals surface area (Å²) in [7, 11) is 1.71. The predicted octanol–water partition coefficient (Wildman–Crippen LogP) is 3.63. The second kappa shape index (κ2) is 7.13. The van der Waals surface area contributed by atoms with Gasteiger partial charge in [0.25, 0.3) is 0 Å². The van der Waals surface area contributed by atoms with Crippen LogP contribution < -0.4 is 10.2 Å². The number of anilines is 2. The van der Waals surface area contributed by atoms with E-state index in [2.05, 4.69) is 17.2 Å². The first-order valence-electron chi connectivity index (χ1n) is 6.97. The fourth-order valence-electron chi connectivity index (χ4n) is 2.03. The van der Waals surface area contributed by atoms with Gasteiger partial charge < -0.3 is 10.2 Å². The minimum Gasteiger partial charge on any atom is -0.327 e. The van der Waals surface area contributed by atoms with Crippen molar-refractivity contribution in [3.8, 4) is 0 Å². The normalized spacial score (nSPS) is 10.7. The molecular weight excluding hydrogens is 272 g/mol. The smallest absolute Gasteiger partial charge is 0.170 e. The van der Waals surface area contributed by atoms with Gasteiger partial charge in [0.1, 0.15) is 5.82 Å². The molecule has 1 aromatic carbocycles. The fourth-order valence-corrected chi connectivity index (χ4v) is 2.03. The molecule has 21 heavy (non-hydrogen) atoms. The molecule has 2 aromatic rings. The largest absolute Gasteiger partial charge is 0.327 e. The highest BCUT2D eigenvalue weighted by atomic mass is 19.1. The molecule has 0 unspecified atom stereocenters. The summed E-state index contributed by atoms with van der Waals surface area (Å²) in [5, 5.41) is 3.17. The molecule has 3 nitrogen and oxygen atoms in total. The summed E-state index contributed by atoms with van der Waals surface area (Å²) in [6.45, 7) is 3.36. The van der Waals surface area contributed by atoms with Gasteiger partial charge in [-0.1, -0.05) is 6.92 Å². The Bertz CT molecular complexity index is 585. The van der Waals surface area contributed by atoms with E-state index >= 15 is 0 Å². The van der Waals surface area contributed by atoms with Gasteiger partial charge in [-0.3, -0.25) is 0 Å². The van der Waals surface area contributed by atoms with Gasteiger partial charge in [0.15, 0.2) is 11.6 Å². The molecule has 5 heteroatoms. The second-order valence-corrected chi connectivity index (χ2v) is 4.82. The van der Waals surface area contributed by atoms with E-state index in [9.17, 15) is 8.78 Å². The number of benzene rings is 1. The average molecular weight is 291 g/mol. The van der Waals surface area contributed by atoms with E-state index in [4.69, 9.17) is 0 Å². The maximum Gasteiger partial charge on any atom is 0.170 e. The highest BCUT2D eigenvalue weighted by molar-refractivity contribution is 5.60. The lowest BCUT2D eigenvalue weighted by Gasteiger charge is -2.20. The summed E-state index contributed by atoms with van der Waals surface area (Å²) in [4.78, 5) is 5.70. The van der Waals surface area contributed by atoms with Crippen molar-refractivity contribution >= 4 is 11.5 Å². The first-order chi connectivity index (χ1) is 10.1. The summed E-state index contributed by atoms with van der Waals surface area (Å²) in [6, 6.07) is 7.55. The zero-order valence-corrected chi connectivity index (χ0v) is 12.2. The molecule has 0 bridgehead atoms. The van der Waals surface area contributed by atoms with Gasteiger partial charge in [-0.05, 0) is 43.3 Å². The number of hydrogen-bond donors (Lipinski definition) is 1. The molecule has 0 saturated carbocycles. The van der Waals surface area contributed by atoms with Crippen LogP contribution in [0.1, 0.15) is 18.9 Å². The molecular formula is C16H19F2N3. The Kier molecular flexibility index (Phi) is 5.22. The van der Waals surface area contributed by atoms with Crippen LogP contribution in [0.3, 0.4) is 0 Å². The number of hydrogen-bond acceptors (Lipinski definition) is 3. The summed E-state index contributed by atoms with van der Waals surface area (Å²) >= 11 is 0. The molecule has 0 amide bonds. The van der Waals surface area contributed by atoms with E-state index in [-0.39, 0.29) is 17.5 Å². The van der Waals surface area contributed by atoms with Crippen molar-refractivity contribution in [2.24, 2.45) is 0 Å². The molecule has 2 rings (SSSR count). The van der Waals surface area contributed by atoms with Crippen LogP contribution in [0.2, 0.25) is 0 Å². The van der Waals surface area contributed by atoms with Crippen LogP contribution in [0.5, 0.6) is 0 Å². The summed E-state index contributed by atoms with van der Waals surface area (Å²) in [5.41, 5.74) is 1.25. The third kappa shape index (κ3) is 3.76. The Morgan fingerprint density at radius 3 is 2.52 bits per heavy atom. The van der Waals surface area contributed by atoms with Crippen LogP contribution in [0, 0.1) is 11.6 Å². The van der Waals surface area contributed by atoms with E-state index in [0.717, 1.165) is 13.0 Å². The average Bonchev–Trinajstić information content (AvgIpc) is 2.49. The Balaban J connectivity index is 2.22. The minimum absolute atomic E-state index is 0.234. The number of nitrogens with one attached hydrogen (secondary N) is 1. The fraction of sp³-hybridized carbons (Fsp3) is 0.312. The van der Waals surface area contributed by atoms with Crippen LogP contribution in [0.4, 0.5) is 20.3 Å². The van der Waals surface area contributed by atoms with Crippen molar-refractivity contribution in [2.45, 2.75) is 19.9 Å². The molecule has 0 radical (unpaired) electrons. The Morgan fingerprint density at radius 1 is 1.14 bits per heavy atom. The van der Waals surface area contributed by atoms with Crippen molar-refractivity contribution in [3.05, 3.63) is 53.7 Å². The van der Waals surface area contributed by atoms with Crippen molar-refractivity contribution in [1.29, 1.82) is 0 Å². The molecule has 0 atom stereocenters. The van der Waals surface area contributed by atoms with Crippen molar-refractivity contribution < 1.29 is 8.78 Å². The first kappa shape index (κ1) is 15.4. The van der Waals surface area contributed by atoms with Gasteiger partial charge in [0.2, 0.25) is 0 Å². The van der Waals surface area contributed by atoms with Crippen LogP contribution in [-0.4, -0.2) is 18.6 Å². The third-order valence-electron chi connectivity index (χ3n) is 3.22.